The van der Waals surface area contributed by atoms with Gasteiger partial charge in [-0.25, -0.2) is 4.98 Å². The summed E-state index contributed by atoms with van der Waals surface area (Å²) >= 11 is 0. The van der Waals surface area contributed by atoms with Crippen molar-refractivity contribution < 1.29 is 19.4 Å². The molecule has 32 heavy (non-hydrogen) atoms. The van der Waals surface area contributed by atoms with Gasteiger partial charge in [-0.2, -0.15) is 5.10 Å². The van der Waals surface area contributed by atoms with Crippen molar-refractivity contribution in [3.05, 3.63) is 54.6 Å². The monoisotopic (exact) mass is 435 g/mol. The molecule has 4 aromatic rings. The van der Waals surface area contributed by atoms with E-state index in [0.29, 0.717) is 30.0 Å². The number of aryl methyl sites for hydroxylation is 1. The smallest absolute Gasteiger partial charge is 0.258 e. The van der Waals surface area contributed by atoms with E-state index in [-0.39, 0.29) is 12.5 Å². The van der Waals surface area contributed by atoms with Crippen molar-refractivity contribution in [3.63, 3.8) is 0 Å². The molecule has 4 rings (SSSR count). The van der Waals surface area contributed by atoms with Crippen LogP contribution in [-0.4, -0.2) is 57.7 Å². The van der Waals surface area contributed by atoms with E-state index < -0.39 is 0 Å². The van der Waals surface area contributed by atoms with E-state index in [1.807, 2.05) is 42.2 Å². The molecular formula is C23H25N5O4. The molecule has 9 nitrogen and oxygen atoms in total. The fraction of sp³-hybridized carbons (Fsp3) is 0.261. The van der Waals surface area contributed by atoms with E-state index in [4.69, 9.17) is 14.6 Å². The molecular weight excluding hydrogens is 410 g/mol. The second kappa shape index (κ2) is 9.11. The van der Waals surface area contributed by atoms with Crippen molar-refractivity contribution in [1.29, 1.82) is 0 Å². The predicted molar refractivity (Wildman–Crippen MR) is 120 cm³/mol. The van der Waals surface area contributed by atoms with E-state index in [9.17, 15) is 4.79 Å². The van der Waals surface area contributed by atoms with Crippen LogP contribution in [-0.2, 0) is 7.05 Å². The Bertz CT molecular complexity index is 1240. The number of fused-ring (bicyclic) bond motifs is 1. The Kier molecular flexibility index (Phi) is 6.09. The first-order valence-corrected chi connectivity index (χ1v) is 10.2. The van der Waals surface area contributed by atoms with E-state index in [2.05, 4.69) is 15.4 Å². The maximum atomic E-state index is 12.7. The number of ether oxygens (including phenoxy) is 2. The molecule has 0 spiro atoms. The van der Waals surface area contributed by atoms with Crippen molar-refractivity contribution in [3.8, 4) is 28.3 Å². The van der Waals surface area contributed by atoms with Crippen LogP contribution in [0.1, 0.15) is 16.8 Å². The third-order valence-electron chi connectivity index (χ3n) is 5.20. The Balaban J connectivity index is 1.73. The number of aliphatic hydroxyl groups is 1. The Labute approximate surface area is 185 Å². The van der Waals surface area contributed by atoms with E-state index in [1.165, 1.54) is 14.2 Å². The number of carbonyl (C=O) groups is 1. The first-order chi connectivity index (χ1) is 15.5. The average Bonchev–Trinajstić information content (AvgIpc) is 3.43. The number of aliphatic hydroxyl groups excluding tert-OH is 1. The number of carbonyl (C=O) groups excluding carboxylic acids is 1. The van der Waals surface area contributed by atoms with Crippen LogP contribution in [0, 0.1) is 0 Å². The molecule has 0 unspecified atom stereocenters. The highest BCUT2D eigenvalue weighted by Crippen LogP contribution is 2.34. The lowest BCUT2D eigenvalue weighted by atomic mass is 10.1. The summed E-state index contributed by atoms with van der Waals surface area (Å²) in [5.74, 6) is 0.444. The topological polar surface area (TPSA) is 103 Å². The molecule has 2 heterocycles. The quantitative estimate of drug-likeness (QED) is 0.412. The maximum Gasteiger partial charge on any atom is 0.258 e. The van der Waals surface area contributed by atoms with Gasteiger partial charge in [0, 0.05) is 44.1 Å². The minimum atomic E-state index is -0.324. The van der Waals surface area contributed by atoms with Gasteiger partial charge in [-0.05, 0) is 24.1 Å². The highest BCUT2D eigenvalue weighted by atomic mass is 16.5. The first-order valence-electron chi connectivity index (χ1n) is 10.2. The van der Waals surface area contributed by atoms with Gasteiger partial charge in [0.15, 0.2) is 0 Å². The number of nitrogens with zero attached hydrogens (tertiary/aromatic N) is 4. The molecule has 1 amide bonds. The summed E-state index contributed by atoms with van der Waals surface area (Å²) in [5, 5.41) is 15.9. The largest absolute Gasteiger partial charge is 0.496 e. The summed E-state index contributed by atoms with van der Waals surface area (Å²) in [4.78, 5) is 17.2. The Morgan fingerprint density at radius 2 is 1.88 bits per heavy atom. The van der Waals surface area contributed by atoms with Crippen molar-refractivity contribution in [2.45, 2.75) is 6.42 Å². The van der Waals surface area contributed by atoms with Gasteiger partial charge < -0.3 is 19.9 Å². The third kappa shape index (κ3) is 4.02. The first kappa shape index (κ1) is 21.4. The summed E-state index contributed by atoms with van der Waals surface area (Å²) in [7, 11) is 4.90. The lowest BCUT2D eigenvalue weighted by Crippen LogP contribution is -2.26. The second-order valence-electron chi connectivity index (χ2n) is 7.28. The van der Waals surface area contributed by atoms with Crippen LogP contribution in [0.15, 0.2) is 49.1 Å². The minimum Gasteiger partial charge on any atom is -0.496 e. The molecule has 0 saturated carbocycles. The molecule has 2 aromatic heterocycles. The molecule has 2 aromatic carbocycles. The van der Waals surface area contributed by atoms with Crippen LogP contribution in [0.3, 0.4) is 0 Å². The second-order valence-corrected chi connectivity index (χ2v) is 7.28. The van der Waals surface area contributed by atoms with Gasteiger partial charge >= 0.3 is 0 Å². The fourth-order valence-electron chi connectivity index (χ4n) is 3.60. The van der Waals surface area contributed by atoms with Crippen molar-refractivity contribution in [1.82, 2.24) is 24.6 Å². The van der Waals surface area contributed by atoms with Crippen LogP contribution in [0.5, 0.6) is 11.5 Å². The predicted octanol–water partition coefficient (Wildman–Crippen LogP) is 2.56. The highest BCUT2D eigenvalue weighted by Gasteiger charge is 2.21. The third-order valence-corrected chi connectivity index (χ3v) is 5.20. The van der Waals surface area contributed by atoms with Crippen LogP contribution in [0.2, 0.25) is 0 Å². The SMILES string of the molecule is COc1cc(-n2cnc3cc(-c4cnn(C)c4)ccc32)cc(OC)c1C(=O)NCCCO. The zero-order valence-corrected chi connectivity index (χ0v) is 18.2. The Morgan fingerprint density at radius 3 is 2.50 bits per heavy atom. The molecule has 0 aliphatic carbocycles. The van der Waals surface area contributed by atoms with E-state index in [1.54, 1.807) is 23.1 Å². The standard InChI is InChI=1S/C23H25N5O4/c1-27-13-16(12-26-27)15-5-6-19-18(9-15)25-14-28(19)17-10-20(31-2)22(21(11-17)32-3)23(30)24-7-4-8-29/h5-6,9-14,29H,4,7-8H2,1-3H3,(H,24,30). The number of aromatic nitrogens is 4. The normalized spacial score (nSPS) is 11.0. The average molecular weight is 435 g/mol. The van der Waals surface area contributed by atoms with Crippen molar-refractivity contribution >= 4 is 16.9 Å². The number of benzene rings is 2. The van der Waals surface area contributed by atoms with Gasteiger partial charge in [0.2, 0.25) is 0 Å². The molecule has 0 aliphatic heterocycles. The summed E-state index contributed by atoms with van der Waals surface area (Å²) in [6, 6.07) is 9.59. The summed E-state index contributed by atoms with van der Waals surface area (Å²) < 4.78 is 14.7. The lowest BCUT2D eigenvalue weighted by Gasteiger charge is -2.16. The van der Waals surface area contributed by atoms with Crippen LogP contribution < -0.4 is 14.8 Å². The van der Waals surface area contributed by atoms with Crippen LogP contribution >= 0.6 is 0 Å². The fourth-order valence-corrected chi connectivity index (χ4v) is 3.60. The summed E-state index contributed by atoms with van der Waals surface area (Å²) in [6.45, 7) is 0.360. The van der Waals surface area contributed by atoms with Crippen LogP contribution in [0.25, 0.3) is 27.8 Å². The lowest BCUT2D eigenvalue weighted by molar-refractivity contribution is 0.0945. The maximum absolute atomic E-state index is 12.7. The Hall–Kier alpha value is -3.85. The molecule has 0 aliphatic rings. The number of amides is 1. The summed E-state index contributed by atoms with van der Waals surface area (Å²) in [5.41, 5.74) is 4.84. The summed E-state index contributed by atoms with van der Waals surface area (Å²) in [6.07, 6.45) is 5.97. The zero-order valence-electron chi connectivity index (χ0n) is 18.2. The number of nitrogens with one attached hydrogen (secondary N) is 1. The molecule has 9 heteroatoms. The number of hydrogen-bond acceptors (Lipinski definition) is 6. The molecule has 0 fully saturated rings. The van der Waals surface area contributed by atoms with Gasteiger partial charge in [0.05, 0.1) is 37.1 Å². The number of rotatable bonds is 8. The van der Waals surface area contributed by atoms with Gasteiger partial charge in [-0.15, -0.1) is 0 Å². The number of imidazole rings is 1. The molecule has 0 bridgehead atoms. The van der Waals surface area contributed by atoms with E-state index in [0.717, 1.165) is 27.8 Å². The van der Waals surface area contributed by atoms with Crippen LogP contribution in [0.4, 0.5) is 0 Å². The number of methoxy groups -OCH3 is 2. The van der Waals surface area contributed by atoms with Gasteiger partial charge in [0.25, 0.3) is 5.91 Å². The highest BCUT2D eigenvalue weighted by molar-refractivity contribution is 6.00. The Morgan fingerprint density at radius 1 is 1.12 bits per heavy atom. The van der Waals surface area contributed by atoms with Gasteiger partial charge in [0.1, 0.15) is 23.4 Å². The molecule has 0 atom stereocenters. The minimum absolute atomic E-state index is 0.00366. The van der Waals surface area contributed by atoms with Crippen molar-refractivity contribution in [2.75, 3.05) is 27.4 Å². The molecule has 166 valence electrons. The molecule has 0 radical (unpaired) electrons. The molecule has 2 N–H and O–H groups in total. The van der Waals surface area contributed by atoms with Crippen molar-refractivity contribution in [2.24, 2.45) is 7.05 Å². The zero-order chi connectivity index (χ0) is 22.7. The van der Waals surface area contributed by atoms with Gasteiger partial charge in [-0.3, -0.25) is 14.0 Å². The number of hydrogen-bond donors (Lipinski definition) is 2. The van der Waals surface area contributed by atoms with E-state index >= 15 is 0 Å². The molecule has 0 saturated heterocycles. The van der Waals surface area contributed by atoms with Gasteiger partial charge in [-0.1, -0.05) is 6.07 Å².